The summed E-state index contributed by atoms with van der Waals surface area (Å²) in [5, 5.41) is 10.7. The molecule has 0 radical (unpaired) electrons. The van der Waals surface area contributed by atoms with Crippen molar-refractivity contribution in [1.29, 1.82) is 0 Å². The molecular formula is C13H20O. The molecule has 1 atom stereocenters. The molecule has 0 amide bonds. The van der Waals surface area contributed by atoms with Crippen molar-refractivity contribution in [2.45, 2.75) is 63.4 Å². The summed E-state index contributed by atoms with van der Waals surface area (Å²) in [5.41, 5.74) is -0.339. The molecule has 0 aliphatic heterocycles. The van der Waals surface area contributed by atoms with E-state index in [1.807, 2.05) is 0 Å². The van der Waals surface area contributed by atoms with Gasteiger partial charge in [0.05, 0.1) is 5.60 Å². The predicted octanol–water partition coefficient (Wildman–Crippen LogP) is 2.88. The Morgan fingerprint density at radius 2 is 1.50 bits per heavy atom. The lowest BCUT2D eigenvalue weighted by molar-refractivity contribution is -0.108. The molecule has 0 heterocycles. The summed E-state index contributed by atoms with van der Waals surface area (Å²) >= 11 is 0. The lowest BCUT2D eigenvalue weighted by Gasteiger charge is -2.48. The molecule has 2 fully saturated rings. The first kappa shape index (κ1) is 10.1. The fourth-order valence-corrected chi connectivity index (χ4v) is 3.59. The normalized spacial score (nSPS) is 35.7. The van der Waals surface area contributed by atoms with Crippen LogP contribution in [0.4, 0.5) is 0 Å². The fourth-order valence-electron chi connectivity index (χ4n) is 3.59. The van der Waals surface area contributed by atoms with Gasteiger partial charge in [-0.15, -0.1) is 12.3 Å². The van der Waals surface area contributed by atoms with Gasteiger partial charge in [0.15, 0.2) is 0 Å². The van der Waals surface area contributed by atoms with E-state index in [0.29, 0.717) is 6.42 Å². The van der Waals surface area contributed by atoms with E-state index in [1.165, 1.54) is 38.5 Å². The average Bonchev–Trinajstić information content (AvgIpc) is 2.62. The van der Waals surface area contributed by atoms with E-state index in [1.54, 1.807) is 0 Å². The highest BCUT2D eigenvalue weighted by atomic mass is 16.3. The maximum absolute atomic E-state index is 10.7. The van der Waals surface area contributed by atoms with Gasteiger partial charge in [0, 0.05) is 11.8 Å². The van der Waals surface area contributed by atoms with E-state index in [0.717, 1.165) is 12.8 Å². The summed E-state index contributed by atoms with van der Waals surface area (Å²) in [6, 6.07) is 0. The number of aliphatic hydroxyl groups is 1. The second-order valence-electron chi connectivity index (χ2n) is 5.11. The SMILES string of the molecule is C#CCC1(O)CCCCC12CCCC2. The van der Waals surface area contributed by atoms with Crippen LogP contribution in [0.3, 0.4) is 0 Å². The Morgan fingerprint density at radius 1 is 1.00 bits per heavy atom. The zero-order chi connectivity index (χ0) is 10.1. The molecule has 1 unspecified atom stereocenters. The third kappa shape index (κ3) is 1.37. The second-order valence-corrected chi connectivity index (χ2v) is 5.11. The van der Waals surface area contributed by atoms with Crippen molar-refractivity contribution in [1.82, 2.24) is 0 Å². The monoisotopic (exact) mass is 192 g/mol. The molecule has 0 aromatic heterocycles. The van der Waals surface area contributed by atoms with Crippen LogP contribution in [-0.2, 0) is 0 Å². The van der Waals surface area contributed by atoms with Gasteiger partial charge in [-0.25, -0.2) is 0 Å². The Balaban J connectivity index is 2.22. The summed E-state index contributed by atoms with van der Waals surface area (Å²) in [5.74, 6) is 2.68. The Kier molecular flexibility index (Phi) is 2.58. The summed E-state index contributed by atoms with van der Waals surface area (Å²) in [7, 11) is 0. The highest BCUT2D eigenvalue weighted by Crippen LogP contribution is 2.55. The van der Waals surface area contributed by atoms with Crippen LogP contribution in [0.25, 0.3) is 0 Å². The second kappa shape index (κ2) is 3.59. The van der Waals surface area contributed by atoms with Crippen LogP contribution in [0.15, 0.2) is 0 Å². The smallest absolute Gasteiger partial charge is 0.0812 e. The van der Waals surface area contributed by atoms with Crippen LogP contribution in [0.2, 0.25) is 0 Å². The van der Waals surface area contributed by atoms with Crippen LogP contribution in [0, 0.1) is 17.8 Å². The minimum Gasteiger partial charge on any atom is -0.388 e. The first-order chi connectivity index (χ1) is 6.72. The van der Waals surface area contributed by atoms with E-state index in [4.69, 9.17) is 6.42 Å². The van der Waals surface area contributed by atoms with Crippen LogP contribution in [0.5, 0.6) is 0 Å². The standard InChI is InChI=1S/C13H20O/c1-2-7-13(14)11-6-5-10-12(13)8-3-4-9-12/h1,14H,3-11H2. The molecule has 2 saturated carbocycles. The molecule has 1 nitrogen and oxygen atoms in total. The summed E-state index contributed by atoms with van der Waals surface area (Å²) in [6.07, 6.45) is 15.5. The number of terminal acetylenes is 1. The molecule has 1 N–H and O–H groups in total. The quantitative estimate of drug-likeness (QED) is 0.633. The molecule has 0 aromatic rings. The van der Waals surface area contributed by atoms with E-state index in [-0.39, 0.29) is 5.41 Å². The van der Waals surface area contributed by atoms with Crippen molar-refractivity contribution in [2.75, 3.05) is 0 Å². The Bertz CT molecular complexity index is 244. The molecule has 1 heteroatoms. The minimum absolute atomic E-state index is 0.192. The first-order valence-electron chi connectivity index (χ1n) is 5.88. The van der Waals surface area contributed by atoms with Gasteiger partial charge in [0.25, 0.3) is 0 Å². The lowest BCUT2D eigenvalue weighted by Crippen LogP contribution is -2.48. The molecule has 78 valence electrons. The minimum atomic E-state index is -0.531. The maximum atomic E-state index is 10.7. The molecule has 1 spiro atoms. The van der Waals surface area contributed by atoms with Crippen molar-refractivity contribution < 1.29 is 5.11 Å². The van der Waals surface area contributed by atoms with Crippen molar-refractivity contribution in [3.8, 4) is 12.3 Å². The highest BCUT2D eigenvalue weighted by Gasteiger charge is 2.51. The molecule has 0 saturated heterocycles. The zero-order valence-electron chi connectivity index (χ0n) is 8.89. The fraction of sp³-hybridized carbons (Fsp3) is 0.846. The van der Waals surface area contributed by atoms with E-state index in [2.05, 4.69) is 5.92 Å². The van der Waals surface area contributed by atoms with Crippen molar-refractivity contribution in [2.24, 2.45) is 5.41 Å². The summed E-state index contributed by atoms with van der Waals surface area (Å²) in [4.78, 5) is 0. The van der Waals surface area contributed by atoms with Crippen LogP contribution in [0.1, 0.15) is 57.8 Å². The third-order valence-electron chi connectivity index (χ3n) is 4.44. The van der Waals surface area contributed by atoms with Gasteiger partial charge in [-0.1, -0.05) is 25.7 Å². The predicted molar refractivity (Wildman–Crippen MR) is 57.8 cm³/mol. The molecular weight excluding hydrogens is 172 g/mol. The molecule has 2 aliphatic carbocycles. The topological polar surface area (TPSA) is 20.2 Å². The summed E-state index contributed by atoms with van der Waals surface area (Å²) in [6.45, 7) is 0. The van der Waals surface area contributed by atoms with Crippen LogP contribution < -0.4 is 0 Å². The van der Waals surface area contributed by atoms with Crippen molar-refractivity contribution >= 4 is 0 Å². The molecule has 0 bridgehead atoms. The average molecular weight is 192 g/mol. The van der Waals surface area contributed by atoms with Crippen LogP contribution >= 0.6 is 0 Å². The molecule has 0 aromatic carbocycles. The van der Waals surface area contributed by atoms with Gasteiger partial charge in [-0.3, -0.25) is 0 Å². The van der Waals surface area contributed by atoms with Crippen molar-refractivity contribution in [3.05, 3.63) is 0 Å². The van der Waals surface area contributed by atoms with Gasteiger partial charge in [-0.2, -0.15) is 0 Å². The Hall–Kier alpha value is -0.480. The first-order valence-corrected chi connectivity index (χ1v) is 5.88. The van der Waals surface area contributed by atoms with Crippen LogP contribution in [-0.4, -0.2) is 10.7 Å². The van der Waals surface area contributed by atoms with Gasteiger partial charge in [0.1, 0.15) is 0 Å². The largest absolute Gasteiger partial charge is 0.388 e. The van der Waals surface area contributed by atoms with Gasteiger partial charge in [-0.05, 0) is 25.7 Å². The molecule has 14 heavy (non-hydrogen) atoms. The number of hydrogen-bond donors (Lipinski definition) is 1. The molecule has 2 rings (SSSR count). The number of rotatable bonds is 1. The maximum Gasteiger partial charge on any atom is 0.0812 e. The van der Waals surface area contributed by atoms with E-state index < -0.39 is 5.60 Å². The molecule has 2 aliphatic rings. The Labute approximate surface area is 86.9 Å². The highest BCUT2D eigenvalue weighted by molar-refractivity contribution is 5.08. The van der Waals surface area contributed by atoms with E-state index >= 15 is 0 Å². The zero-order valence-corrected chi connectivity index (χ0v) is 8.89. The van der Waals surface area contributed by atoms with Crippen molar-refractivity contribution in [3.63, 3.8) is 0 Å². The van der Waals surface area contributed by atoms with Gasteiger partial charge >= 0.3 is 0 Å². The van der Waals surface area contributed by atoms with Gasteiger partial charge < -0.3 is 5.11 Å². The Morgan fingerprint density at radius 3 is 2.00 bits per heavy atom. The number of hydrogen-bond acceptors (Lipinski definition) is 1. The third-order valence-corrected chi connectivity index (χ3v) is 4.44. The van der Waals surface area contributed by atoms with E-state index in [9.17, 15) is 5.11 Å². The van der Waals surface area contributed by atoms with Gasteiger partial charge in [0.2, 0.25) is 0 Å². The lowest BCUT2D eigenvalue weighted by atomic mass is 9.61. The summed E-state index contributed by atoms with van der Waals surface area (Å²) < 4.78 is 0.